The molecule has 3 aromatic rings. The number of thiazole rings is 1. The molecule has 0 saturated heterocycles. The number of aryl methyl sites for hydroxylation is 2. The molecule has 0 bridgehead atoms. The Bertz CT molecular complexity index is 1150. The highest BCUT2D eigenvalue weighted by atomic mass is 32.1. The van der Waals surface area contributed by atoms with Gasteiger partial charge in [-0.1, -0.05) is 23.5 Å². The lowest BCUT2D eigenvalue weighted by molar-refractivity contribution is -0.143. The third-order valence-corrected chi connectivity index (χ3v) is 5.57. The van der Waals surface area contributed by atoms with Gasteiger partial charge in [0.15, 0.2) is 22.9 Å². The third kappa shape index (κ3) is 4.88. The van der Waals surface area contributed by atoms with Gasteiger partial charge in [-0.15, -0.1) is 0 Å². The second kappa shape index (κ2) is 9.58. The number of para-hydroxylation sites is 2. The van der Waals surface area contributed by atoms with E-state index in [9.17, 15) is 9.59 Å². The number of ether oxygens (including phenoxy) is 3. The largest absolute Gasteiger partial charge is 0.493 e. The van der Waals surface area contributed by atoms with E-state index in [1.54, 1.807) is 29.7 Å². The third-order valence-electron chi connectivity index (χ3n) is 4.53. The van der Waals surface area contributed by atoms with E-state index in [1.165, 1.54) is 18.4 Å². The summed E-state index contributed by atoms with van der Waals surface area (Å²) in [7, 11) is 1.54. The van der Waals surface area contributed by atoms with E-state index in [0.717, 1.165) is 21.3 Å². The zero-order chi connectivity index (χ0) is 21.7. The minimum atomic E-state index is -0.460. The molecule has 0 aliphatic carbocycles. The number of carbonyl (C=O) groups is 2. The SMILES string of the molecule is CCOC(=O)Cn1c(=NC(=O)COc2ccccc2OC)sc2cc(C)c(C)cc21. The van der Waals surface area contributed by atoms with Crippen LogP contribution in [0.2, 0.25) is 0 Å². The molecule has 1 aromatic heterocycles. The summed E-state index contributed by atoms with van der Waals surface area (Å²) < 4.78 is 18.5. The minimum absolute atomic E-state index is 0.0180. The number of hydrogen-bond acceptors (Lipinski definition) is 6. The summed E-state index contributed by atoms with van der Waals surface area (Å²) in [4.78, 5) is 29.3. The fraction of sp³-hybridized carbons (Fsp3) is 0.318. The highest BCUT2D eigenvalue weighted by Gasteiger charge is 2.14. The second-order valence-corrected chi connectivity index (χ2v) is 7.63. The molecule has 0 atom stereocenters. The second-order valence-electron chi connectivity index (χ2n) is 6.63. The average Bonchev–Trinajstić information content (AvgIpc) is 3.03. The standard InChI is InChI=1S/C22H24N2O5S/c1-5-28-21(26)12-24-16-10-14(2)15(3)11-19(16)30-22(24)23-20(25)13-29-18-9-7-6-8-17(18)27-4/h6-11H,5,12-13H2,1-4H3. The van der Waals surface area contributed by atoms with Crippen LogP contribution in [0.25, 0.3) is 10.2 Å². The van der Waals surface area contributed by atoms with E-state index in [1.807, 2.05) is 32.0 Å². The first-order chi connectivity index (χ1) is 14.4. The molecule has 0 aliphatic heterocycles. The Morgan fingerprint density at radius 1 is 1.10 bits per heavy atom. The Labute approximate surface area is 178 Å². The molecule has 2 aromatic carbocycles. The van der Waals surface area contributed by atoms with Crippen molar-refractivity contribution in [3.63, 3.8) is 0 Å². The van der Waals surface area contributed by atoms with E-state index in [0.29, 0.717) is 16.3 Å². The number of aromatic nitrogens is 1. The highest BCUT2D eigenvalue weighted by Crippen LogP contribution is 2.25. The fourth-order valence-electron chi connectivity index (χ4n) is 2.91. The number of carbonyl (C=O) groups excluding carboxylic acids is 2. The lowest BCUT2D eigenvalue weighted by Crippen LogP contribution is -2.24. The van der Waals surface area contributed by atoms with Gasteiger partial charge in [-0.05, 0) is 56.2 Å². The molecule has 3 rings (SSSR count). The van der Waals surface area contributed by atoms with Gasteiger partial charge in [-0.3, -0.25) is 9.59 Å². The van der Waals surface area contributed by atoms with Crippen molar-refractivity contribution in [2.24, 2.45) is 4.99 Å². The van der Waals surface area contributed by atoms with Crippen molar-refractivity contribution in [3.8, 4) is 11.5 Å². The van der Waals surface area contributed by atoms with Crippen LogP contribution >= 0.6 is 11.3 Å². The van der Waals surface area contributed by atoms with Crippen molar-refractivity contribution in [1.29, 1.82) is 0 Å². The predicted octanol–water partition coefficient (Wildman–Crippen LogP) is 3.40. The Morgan fingerprint density at radius 2 is 1.80 bits per heavy atom. The molecule has 7 nitrogen and oxygen atoms in total. The lowest BCUT2D eigenvalue weighted by Gasteiger charge is -2.08. The molecule has 30 heavy (non-hydrogen) atoms. The van der Waals surface area contributed by atoms with Gasteiger partial charge < -0.3 is 18.8 Å². The summed E-state index contributed by atoms with van der Waals surface area (Å²) in [5, 5.41) is 0. The van der Waals surface area contributed by atoms with Gasteiger partial charge in [-0.2, -0.15) is 4.99 Å². The molecule has 0 radical (unpaired) electrons. The number of nitrogens with zero attached hydrogens (tertiary/aromatic N) is 2. The molecule has 1 amide bonds. The maximum Gasteiger partial charge on any atom is 0.326 e. The Morgan fingerprint density at radius 3 is 2.50 bits per heavy atom. The molecule has 0 unspecified atom stereocenters. The Hall–Kier alpha value is -3.13. The topological polar surface area (TPSA) is 79.1 Å². The van der Waals surface area contributed by atoms with E-state index in [4.69, 9.17) is 14.2 Å². The van der Waals surface area contributed by atoms with Crippen molar-refractivity contribution >= 4 is 33.4 Å². The molecule has 158 valence electrons. The number of rotatable bonds is 7. The van der Waals surface area contributed by atoms with Gasteiger partial charge in [0, 0.05) is 0 Å². The Kier molecular flexibility index (Phi) is 6.89. The maximum absolute atomic E-state index is 12.5. The van der Waals surface area contributed by atoms with Gasteiger partial charge in [0.25, 0.3) is 5.91 Å². The molecular weight excluding hydrogens is 404 g/mol. The molecule has 0 aliphatic rings. The van der Waals surface area contributed by atoms with Crippen LogP contribution in [0.15, 0.2) is 41.4 Å². The van der Waals surface area contributed by atoms with Crippen molar-refractivity contribution in [2.75, 3.05) is 20.3 Å². The van der Waals surface area contributed by atoms with Crippen LogP contribution in [0.1, 0.15) is 18.1 Å². The molecule has 0 spiro atoms. The van der Waals surface area contributed by atoms with Gasteiger partial charge in [0.1, 0.15) is 6.54 Å². The first kappa shape index (κ1) is 21.6. The van der Waals surface area contributed by atoms with Gasteiger partial charge in [0.05, 0.1) is 23.9 Å². The zero-order valence-electron chi connectivity index (χ0n) is 17.4. The Balaban J connectivity index is 1.93. The molecular formula is C22H24N2O5S. The van der Waals surface area contributed by atoms with Gasteiger partial charge in [0.2, 0.25) is 0 Å². The number of hydrogen-bond donors (Lipinski definition) is 0. The van der Waals surface area contributed by atoms with Crippen molar-refractivity contribution < 1.29 is 23.8 Å². The quantitative estimate of drug-likeness (QED) is 0.539. The van der Waals surface area contributed by atoms with Gasteiger partial charge in [-0.25, -0.2) is 0 Å². The number of methoxy groups -OCH3 is 1. The van der Waals surface area contributed by atoms with E-state index in [-0.39, 0.29) is 25.7 Å². The summed E-state index contributed by atoms with van der Waals surface area (Å²) in [6, 6.07) is 11.1. The van der Waals surface area contributed by atoms with Crippen molar-refractivity contribution in [3.05, 3.63) is 52.3 Å². The maximum atomic E-state index is 12.5. The van der Waals surface area contributed by atoms with E-state index in [2.05, 4.69) is 4.99 Å². The smallest absolute Gasteiger partial charge is 0.326 e. The number of esters is 1. The minimum Gasteiger partial charge on any atom is -0.493 e. The van der Waals surface area contributed by atoms with Crippen molar-refractivity contribution in [2.45, 2.75) is 27.3 Å². The van der Waals surface area contributed by atoms with Crippen molar-refractivity contribution in [1.82, 2.24) is 4.57 Å². The fourth-order valence-corrected chi connectivity index (χ4v) is 4.04. The monoisotopic (exact) mass is 428 g/mol. The van der Waals surface area contributed by atoms with Crippen LogP contribution in [-0.4, -0.2) is 36.8 Å². The number of amides is 1. The van der Waals surface area contributed by atoms with Gasteiger partial charge >= 0.3 is 5.97 Å². The molecule has 8 heteroatoms. The summed E-state index contributed by atoms with van der Waals surface area (Å²) in [6.07, 6.45) is 0. The van der Waals surface area contributed by atoms with Crippen LogP contribution in [0, 0.1) is 13.8 Å². The molecule has 1 heterocycles. The normalized spacial score (nSPS) is 11.5. The number of benzene rings is 2. The van der Waals surface area contributed by atoms with Crippen LogP contribution in [0.4, 0.5) is 0 Å². The molecule has 0 N–H and O–H groups in total. The first-order valence-corrected chi connectivity index (χ1v) is 10.3. The first-order valence-electron chi connectivity index (χ1n) is 9.52. The van der Waals surface area contributed by atoms with Crippen LogP contribution in [-0.2, 0) is 20.9 Å². The summed E-state index contributed by atoms with van der Waals surface area (Å²) in [5.74, 6) is 0.161. The molecule has 0 saturated carbocycles. The zero-order valence-corrected chi connectivity index (χ0v) is 18.2. The van der Waals surface area contributed by atoms with Crippen LogP contribution < -0.4 is 14.3 Å². The highest BCUT2D eigenvalue weighted by molar-refractivity contribution is 7.16. The summed E-state index contributed by atoms with van der Waals surface area (Å²) >= 11 is 1.35. The van der Waals surface area contributed by atoms with E-state index < -0.39 is 5.91 Å². The van der Waals surface area contributed by atoms with Crippen LogP contribution in [0.5, 0.6) is 11.5 Å². The lowest BCUT2D eigenvalue weighted by atomic mass is 10.1. The predicted molar refractivity (Wildman–Crippen MR) is 115 cm³/mol. The van der Waals surface area contributed by atoms with Crippen LogP contribution in [0.3, 0.4) is 0 Å². The average molecular weight is 429 g/mol. The van der Waals surface area contributed by atoms with E-state index >= 15 is 0 Å². The summed E-state index contributed by atoms with van der Waals surface area (Å²) in [6.45, 7) is 5.81. The number of fused-ring (bicyclic) bond motifs is 1. The summed E-state index contributed by atoms with van der Waals surface area (Å²) in [5.41, 5.74) is 3.06. The molecule has 0 fully saturated rings.